The lowest BCUT2D eigenvalue weighted by molar-refractivity contribution is -0.0896. The van der Waals surface area contributed by atoms with E-state index in [4.69, 9.17) is 16.0 Å². The van der Waals surface area contributed by atoms with Crippen LogP contribution in [0.2, 0.25) is 5.02 Å². The summed E-state index contributed by atoms with van der Waals surface area (Å²) >= 11 is 5.83. The molecule has 1 saturated heterocycles. The number of aliphatic hydroxyl groups is 1. The molecule has 1 aliphatic heterocycles. The monoisotopic (exact) mass is 279 g/mol. The van der Waals surface area contributed by atoms with Gasteiger partial charge in [0.15, 0.2) is 0 Å². The fourth-order valence-corrected chi connectivity index (χ4v) is 2.37. The summed E-state index contributed by atoms with van der Waals surface area (Å²) < 4.78 is 5.60. The molecule has 0 spiro atoms. The van der Waals surface area contributed by atoms with Crippen LogP contribution in [0.4, 0.5) is 0 Å². The summed E-state index contributed by atoms with van der Waals surface area (Å²) in [5.41, 5.74) is 0.262. The number of rotatable bonds is 3. The van der Waals surface area contributed by atoms with Crippen LogP contribution in [0.1, 0.15) is 12.8 Å². The van der Waals surface area contributed by atoms with Gasteiger partial charge >= 0.3 is 0 Å². The minimum absolute atomic E-state index is 0.485. The predicted octanol–water partition coefficient (Wildman–Crippen LogP) is 1.96. The van der Waals surface area contributed by atoms with E-state index in [9.17, 15) is 5.11 Å². The molecule has 1 N–H and O–H groups in total. The lowest BCUT2D eigenvalue weighted by atomic mass is 9.97. The molecule has 1 fully saturated rings. The maximum Gasteiger partial charge on any atom is 0.247 e. The Balaban J connectivity index is 1.68. The third-order valence-corrected chi connectivity index (χ3v) is 3.30. The maximum absolute atomic E-state index is 9.65. The van der Waals surface area contributed by atoms with E-state index in [1.54, 1.807) is 12.1 Å². The summed E-state index contributed by atoms with van der Waals surface area (Å²) in [7, 11) is 0. The van der Waals surface area contributed by atoms with Crippen LogP contribution < -0.4 is 0 Å². The van der Waals surface area contributed by atoms with Gasteiger partial charge in [-0.15, -0.1) is 10.2 Å². The van der Waals surface area contributed by atoms with Crippen molar-refractivity contribution >= 4 is 11.6 Å². The van der Waals surface area contributed by atoms with E-state index in [0.717, 1.165) is 5.56 Å². The number of nitrogens with zero attached hydrogens (tertiary/aromatic N) is 3. The molecule has 2 heterocycles. The molecule has 0 atom stereocenters. The first-order valence-electron chi connectivity index (χ1n) is 6.05. The Kier molecular flexibility index (Phi) is 3.05. The zero-order valence-corrected chi connectivity index (χ0v) is 11.3. The highest BCUT2D eigenvalue weighted by Gasteiger charge is 2.36. The summed E-state index contributed by atoms with van der Waals surface area (Å²) in [6.45, 7) is 3.64. The van der Waals surface area contributed by atoms with Crippen molar-refractivity contribution < 1.29 is 9.52 Å². The Morgan fingerprint density at radius 1 is 1.32 bits per heavy atom. The van der Waals surface area contributed by atoms with Crippen molar-refractivity contribution in [1.29, 1.82) is 0 Å². The molecule has 2 aromatic rings. The first kappa shape index (κ1) is 12.6. The summed E-state index contributed by atoms with van der Waals surface area (Å²) in [4.78, 5) is 2.05. The Labute approximate surface area is 115 Å². The van der Waals surface area contributed by atoms with Gasteiger partial charge in [-0.3, -0.25) is 4.90 Å². The van der Waals surface area contributed by atoms with Crippen LogP contribution in [-0.4, -0.2) is 38.9 Å². The minimum Gasteiger partial charge on any atom is -0.419 e. The average molecular weight is 280 g/mol. The molecule has 1 aliphatic rings. The molecule has 0 bridgehead atoms. The molecule has 0 radical (unpaired) electrons. The molecule has 3 rings (SSSR count). The third kappa shape index (κ3) is 2.78. The molecule has 1 aromatic carbocycles. The van der Waals surface area contributed by atoms with Crippen molar-refractivity contribution in [3.05, 3.63) is 35.2 Å². The van der Waals surface area contributed by atoms with Crippen molar-refractivity contribution in [2.75, 3.05) is 13.1 Å². The van der Waals surface area contributed by atoms with Crippen LogP contribution >= 0.6 is 11.6 Å². The molecule has 19 heavy (non-hydrogen) atoms. The second-order valence-corrected chi connectivity index (χ2v) is 5.59. The number of β-amino-alcohol motifs (C(OH)–C–C–N with tert-alkyl or cyclic N) is 1. The van der Waals surface area contributed by atoms with Gasteiger partial charge in [0.25, 0.3) is 0 Å². The van der Waals surface area contributed by atoms with Crippen LogP contribution in [-0.2, 0) is 6.54 Å². The van der Waals surface area contributed by atoms with Gasteiger partial charge in [-0.25, -0.2) is 0 Å². The number of hydrogen-bond acceptors (Lipinski definition) is 5. The van der Waals surface area contributed by atoms with E-state index >= 15 is 0 Å². The van der Waals surface area contributed by atoms with E-state index in [1.807, 2.05) is 19.1 Å². The molecule has 0 saturated carbocycles. The Hall–Kier alpha value is -1.43. The number of benzene rings is 1. The molecule has 0 aliphatic carbocycles. The first-order chi connectivity index (χ1) is 9.02. The predicted molar refractivity (Wildman–Crippen MR) is 70.6 cm³/mol. The zero-order chi connectivity index (χ0) is 13.5. The molecular formula is C13H14ClN3O2. The minimum atomic E-state index is -0.584. The van der Waals surface area contributed by atoms with Crippen LogP contribution in [0.3, 0.4) is 0 Å². The van der Waals surface area contributed by atoms with Crippen LogP contribution in [0.25, 0.3) is 11.5 Å². The van der Waals surface area contributed by atoms with Crippen molar-refractivity contribution in [3.8, 4) is 11.5 Å². The molecule has 5 nitrogen and oxygen atoms in total. The van der Waals surface area contributed by atoms with Gasteiger partial charge in [-0.05, 0) is 31.2 Å². The van der Waals surface area contributed by atoms with Gasteiger partial charge in [0.05, 0.1) is 12.1 Å². The van der Waals surface area contributed by atoms with Crippen molar-refractivity contribution in [2.24, 2.45) is 0 Å². The highest BCUT2D eigenvalue weighted by Crippen LogP contribution is 2.24. The first-order valence-corrected chi connectivity index (χ1v) is 6.43. The largest absolute Gasteiger partial charge is 0.419 e. The van der Waals surface area contributed by atoms with E-state index in [0.29, 0.717) is 36.4 Å². The number of aromatic nitrogens is 2. The Morgan fingerprint density at radius 3 is 2.63 bits per heavy atom. The smallest absolute Gasteiger partial charge is 0.247 e. The molecule has 0 amide bonds. The SMILES string of the molecule is CC1(O)CN(Cc2nnc(-c3ccc(Cl)cc3)o2)C1. The topological polar surface area (TPSA) is 62.4 Å². The lowest BCUT2D eigenvalue weighted by Gasteiger charge is -2.43. The standard InChI is InChI=1S/C13H14ClN3O2/c1-13(18)7-17(8-13)6-11-15-16-12(19-11)9-2-4-10(14)5-3-9/h2-5,18H,6-8H2,1H3. The summed E-state index contributed by atoms with van der Waals surface area (Å²) in [5, 5.41) is 18.3. The molecule has 0 unspecified atom stereocenters. The summed E-state index contributed by atoms with van der Waals surface area (Å²) in [5.74, 6) is 1.04. The van der Waals surface area contributed by atoms with Gasteiger partial charge in [0, 0.05) is 23.7 Å². The fourth-order valence-electron chi connectivity index (χ4n) is 2.25. The lowest BCUT2D eigenvalue weighted by Crippen LogP contribution is -2.59. The highest BCUT2D eigenvalue weighted by molar-refractivity contribution is 6.30. The second kappa shape index (κ2) is 4.59. The number of hydrogen-bond donors (Lipinski definition) is 1. The van der Waals surface area contributed by atoms with E-state index < -0.39 is 5.60 Å². The second-order valence-electron chi connectivity index (χ2n) is 5.15. The van der Waals surface area contributed by atoms with Crippen LogP contribution in [0.5, 0.6) is 0 Å². The summed E-state index contributed by atoms with van der Waals surface area (Å²) in [6.07, 6.45) is 0. The molecule has 1 aromatic heterocycles. The fraction of sp³-hybridized carbons (Fsp3) is 0.385. The molecular weight excluding hydrogens is 266 g/mol. The van der Waals surface area contributed by atoms with E-state index in [-0.39, 0.29) is 0 Å². The summed E-state index contributed by atoms with van der Waals surface area (Å²) in [6, 6.07) is 7.25. The number of halogens is 1. The van der Waals surface area contributed by atoms with Crippen molar-refractivity contribution in [2.45, 2.75) is 19.1 Å². The Bertz CT molecular complexity index is 572. The van der Waals surface area contributed by atoms with Gasteiger partial charge in [-0.1, -0.05) is 11.6 Å². The van der Waals surface area contributed by atoms with E-state index in [2.05, 4.69) is 15.1 Å². The maximum atomic E-state index is 9.65. The average Bonchev–Trinajstić information content (AvgIpc) is 2.76. The third-order valence-electron chi connectivity index (χ3n) is 3.05. The quantitative estimate of drug-likeness (QED) is 0.930. The number of likely N-dealkylation sites (tertiary alicyclic amines) is 1. The van der Waals surface area contributed by atoms with Crippen molar-refractivity contribution in [1.82, 2.24) is 15.1 Å². The van der Waals surface area contributed by atoms with Crippen LogP contribution in [0.15, 0.2) is 28.7 Å². The molecule has 100 valence electrons. The van der Waals surface area contributed by atoms with Crippen LogP contribution in [0, 0.1) is 0 Å². The zero-order valence-electron chi connectivity index (χ0n) is 10.5. The normalized spacial score (nSPS) is 18.3. The van der Waals surface area contributed by atoms with Gasteiger partial charge in [0.2, 0.25) is 11.8 Å². The van der Waals surface area contributed by atoms with E-state index in [1.165, 1.54) is 0 Å². The van der Waals surface area contributed by atoms with Gasteiger partial charge < -0.3 is 9.52 Å². The highest BCUT2D eigenvalue weighted by atomic mass is 35.5. The van der Waals surface area contributed by atoms with Gasteiger partial charge in [0.1, 0.15) is 0 Å². The molecule has 6 heteroatoms. The Morgan fingerprint density at radius 2 is 2.00 bits per heavy atom. The van der Waals surface area contributed by atoms with Gasteiger partial charge in [-0.2, -0.15) is 0 Å². The van der Waals surface area contributed by atoms with Crippen molar-refractivity contribution in [3.63, 3.8) is 0 Å².